The van der Waals surface area contributed by atoms with Gasteiger partial charge < -0.3 is 10.1 Å². The van der Waals surface area contributed by atoms with Crippen molar-refractivity contribution in [2.75, 3.05) is 25.5 Å². The Kier molecular flexibility index (Phi) is 2.99. The maximum Gasteiger partial charge on any atom is 0.0707 e. The minimum atomic E-state index is 0.459. The van der Waals surface area contributed by atoms with E-state index in [4.69, 9.17) is 4.74 Å². The molecular formula is C13H19N3O. The van der Waals surface area contributed by atoms with E-state index in [0.717, 1.165) is 31.0 Å². The summed E-state index contributed by atoms with van der Waals surface area (Å²) in [5.74, 6) is 0. The van der Waals surface area contributed by atoms with Crippen LogP contribution in [0.25, 0.3) is 0 Å². The predicted octanol–water partition coefficient (Wildman–Crippen LogP) is 1.49. The first-order valence-electron chi connectivity index (χ1n) is 6.34. The molecule has 92 valence electrons. The lowest BCUT2D eigenvalue weighted by Gasteiger charge is -2.31. The van der Waals surface area contributed by atoms with Gasteiger partial charge in [-0.25, -0.2) is 0 Å². The molecule has 1 aromatic rings. The van der Waals surface area contributed by atoms with Crippen molar-refractivity contribution in [2.45, 2.75) is 31.6 Å². The number of nitrogens with zero attached hydrogens (tertiary/aromatic N) is 2. The normalized spacial score (nSPS) is 28.3. The number of nitrogens with one attached hydrogen (secondary N) is 1. The molecule has 3 heterocycles. The highest BCUT2D eigenvalue weighted by Gasteiger charge is 2.33. The summed E-state index contributed by atoms with van der Waals surface area (Å²) in [5, 5.41) is 3.15. The van der Waals surface area contributed by atoms with E-state index in [1.165, 1.54) is 12.8 Å². The van der Waals surface area contributed by atoms with Gasteiger partial charge in [-0.3, -0.25) is 9.88 Å². The summed E-state index contributed by atoms with van der Waals surface area (Å²) >= 11 is 0. The summed E-state index contributed by atoms with van der Waals surface area (Å²) in [5.41, 5.74) is 2.27. The Morgan fingerprint density at radius 2 is 2.18 bits per heavy atom. The zero-order valence-corrected chi connectivity index (χ0v) is 10.2. The maximum absolute atomic E-state index is 5.84. The Morgan fingerprint density at radius 1 is 1.41 bits per heavy atom. The number of pyridine rings is 1. The first kappa shape index (κ1) is 11.0. The molecule has 17 heavy (non-hydrogen) atoms. The van der Waals surface area contributed by atoms with Crippen LogP contribution in [0.3, 0.4) is 0 Å². The molecule has 2 atom stereocenters. The molecule has 2 aliphatic heterocycles. The predicted molar refractivity (Wildman–Crippen MR) is 67.0 cm³/mol. The topological polar surface area (TPSA) is 37.4 Å². The fourth-order valence-electron chi connectivity index (χ4n) is 2.78. The number of anilines is 1. The molecule has 2 unspecified atom stereocenters. The molecule has 2 fully saturated rings. The van der Waals surface area contributed by atoms with Crippen LogP contribution in [-0.2, 0) is 11.3 Å². The summed E-state index contributed by atoms with van der Waals surface area (Å²) < 4.78 is 5.84. The van der Waals surface area contributed by atoms with Crippen molar-refractivity contribution < 1.29 is 4.74 Å². The molecule has 4 nitrogen and oxygen atoms in total. The van der Waals surface area contributed by atoms with Crippen LogP contribution < -0.4 is 5.32 Å². The van der Waals surface area contributed by atoms with Crippen LogP contribution in [0.4, 0.5) is 5.69 Å². The van der Waals surface area contributed by atoms with Gasteiger partial charge >= 0.3 is 0 Å². The molecule has 0 saturated carbocycles. The molecule has 0 aliphatic carbocycles. The van der Waals surface area contributed by atoms with E-state index in [0.29, 0.717) is 12.2 Å². The number of rotatable bonds is 3. The van der Waals surface area contributed by atoms with Gasteiger partial charge in [0.2, 0.25) is 0 Å². The van der Waals surface area contributed by atoms with Crippen molar-refractivity contribution in [3.05, 3.63) is 24.0 Å². The van der Waals surface area contributed by atoms with E-state index in [1.807, 2.05) is 19.3 Å². The molecule has 0 spiro atoms. The van der Waals surface area contributed by atoms with E-state index in [-0.39, 0.29) is 0 Å². The SMILES string of the molecule is CNc1ccnc(CN2CC3CCC(C2)O3)c1. The molecule has 2 saturated heterocycles. The van der Waals surface area contributed by atoms with Gasteiger partial charge in [-0.15, -0.1) is 0 Å². The van der Waals surface area contributed by atoms with Crippen LogP contribution in [0.2, 0.25) is 0 Å². The molecule has 4 heteroatoms. The Morgan fingerprint density at radius 3 is 2.88 bits per heavy atom. The molecule has 1 aromatic heterocycles. The van der Waals surface area contributed by atoms with Crippen LogP contribution in [0, 0.1) is 0 Å². The zero-order chi connectivity index (χ0) is 11.7. The zero-order valence-electron chi connectivity index (χ0n) is 10.2. The number of fused-ring (bicyclic) bond motifs is 2. The standard InChI is InChI=1S/C13H19N3O/c1-14-10-4-5-15-11(6-10)7-16-8-12-2-3-13(9-16)17-12/h4-6,12-13H,2-3,7-9H2,1H3,(H,14,15). The molecule has 3 rings (SSSR count). The third-order valence-corrected chi connectivity index (χ3v) is 3.61. The summed E-state index contributed by atoms with van der Waals surface area (Å²) in [6, 6.07) is 4.11. The van der Waals surface area contributed by atoms with Crippen molar-refractivity contribution in [1.29, 1.82) is 0 Å². The number of ether oxygens (including phenoxy) is 1. The first-order valence-corrected chi connectivity index (χ1v) is 6.34. The van der Waals surface area contributed by atoms with Crippen LogP contribution in [0.1, 0.15) is 18.5 Å². The van der Waals surface area contributed by atoms with Crippen LogP contribution in [0.5, 0.6) is 0 Å². The molecule has 0 aromatic carbocycles. The monoisotopic (exact) mass is 233 g/mol. The van der Waals surface area contributed by atoms with Gasteiger partial charge in [0.25, 0.3) is 0 Å². The fraction of sp³-hybridized carbons (Fsp3) is 0.615. The summed E-state index contributed by atoms with van der Waals surface area (Å²) in [7, 11) is 1.94. The van der Waals surface area contributed by atoms with Crippen molar-refractivity contribution >= 4 is 5.69 Å². The van der Waals surface area contributed by atoms with Crippen molar-refractivity contribution in [1.82, 2.24) is 9.88 Å². The number of morpholine rings is 1. The third-order valence-electron chi connectivity index (χ3n) is 3.61. The molecule has 2 bridgehead atoms. The van der Waals surface area contributed by atoms with Crippen molar-refractivity contribution in [2.24, 2.45) is 0 Å². The van der Waals surface area contributed by atoms with Crippen LogP contribution in [0.15, 0.2) is 18.3 Å². The highest BCUT2D eigenvalue weighted by atomic mass is 16.5. The molecule has 2 aliphatic rings. The van der Waals surface area contributed by atoms with Gasteiger partial charge in [0.05, 0.1) is 17.9 Å². The summed E-state index contributed by atoms with van der Waals surface area (Å²) in [6.07, 6.45) is 5.24. The second kappa shape index (κ2) is 4.63. The second-order valence-corrected chi connectivity index (χ2v) is 4.94. The average Bonchev–Trinajstić information content (AvgIpc) is 2.69. The number of likely N-dealkylation sites (tertiary alicyclic amines) is 1. The Balaban J connectivity index is 1.66. The Labute approximate surface area is 102 Å². The van der Waals surface area contributed by atoms with Crippen molar-refractivity contribution in [3.8, 4) is 0 Å². The lowest BCUT2D eigenvalue weighted by atomic mass is 10.2. The van der Waals surface area contributed by atoms with Gasteiger partial charge in [-0.2, -0.15) is 0 Å². The minimum Gasteiger partial charge on any atom is -0.388 e. The number of hydrogen-bond donors (Lipinski definition) is 1. The lowest BCUT2D eigenvalue weighted by Crippen LogP contribution is -2.42. The summed E-state index contributed by atoms with van der Waals surface area (Å²) in [4.78, 5) is 6.90. The Hall–Kier alpha value is -1.13. The van der Waals surface area contributed by atoms with Gasteiger partial charge in [0.15, 0.2) is 0 Å². The second-order valence-electron chi connectivity index (χ2n) is 4.94. The molecular weight excluding hydrogens is 214 g/mol. The van der Waals surface area contributed by atoms with Gasteiger partial charge in [-0.05, 0) is 25.0 Å². The van der Waals surface area contributed by atoms with E-state index in [2.05, 4.69) is 21.3 Å². The molecule has 1 N–H and O–H groups in total. The molecule has 0 amide bonds. The number of aromatic nitrogens is 1. The van der Waals surface area contributed by atoms with E-state index >= 15 is 0 Å². The summed E-state index contributed by atoms with van der Waals surface area (Å²) in [6.45, 7) is 3.05. The van der Waals surface area contributed by atoms with Crippen LogP contribution in [-0.4, -0.2) is 42.2 Å². The number of hydrogen-bond acceptors (Lipinski definition) is 4. The van der Waals surface area contributed by atoms with Gasteiger partial charge in [0, 0.05) is 38.6 Å². The molecule has 0 radical (unpaired) electrons. The largest absolute Gasteiger partial charge is 0.388 e. The highest BCUT2D eigenvalue weighted by molar-refractivity contribution is 5.42. The van der Waals surface area contributed by atoms with Crippen molar-refractivity contribution in [3.63, 3.8) is 0 Å². The first-order chi connectivity index (χ1) is 8.33. The lowest BCUT2D eigenvalue weighted by molar-refractivity contribution is -0.0413. The van der Waals surface area contributed by atoms with E-state index in [9.17, 15) is 0 Å². The van der Waals surface area contributed by atoms with E-state index in [1.54, 1.807) is 0 Å². The smallest absolute Gasteiger partial charge is 0.0707 e. The third kappa shape index (κ3) is 2.42. The minimum absolute atomic E-state index is 0.459. The Bertz CT molecular complexity index is 384. The average molecular weight is 233 g/mol. The maximum atomic E-state index is 5.84. The van der Waals surface area contributed by atoms with E-state index < -0.39 is 0 Å². The van der Waals surface area contributed by atoms with Gasteiger partial charge in [-0.1, -0.05) is 0 Å². The quantitative estimate of drug-likeness (QED) is 0.858. The van der Waals surface area contributed by atoms with Crippen LogP contribution >= 0.6 is 0 Å². The van der Waals surface area contributed by atoms with Gasteiger partial charge in [0.1, 0.15) is 0 Å². The fourth-order valence-corrected chi connectivity index (χ4v) is 2.78. The highest BCUT2D eigenvalue weighted by Crippen LogP contribution is 2.27.